The number of rotatable bonds is 4. The largest absolute Gasteiger partial charge is 0.497 e. The molecule has 1 heteroatoms. The molecule has 0 amide bonds. The van der Waals surface area contributed by atoms with E-state index in [9.17, 15) is 0 Å². The fourth-order valence-electron chi connectivity index (χ4n) is 3.04. The van der Waals surface area contributed by atoms with E-state index < -0.39 is 0 Å². The van der Waals surface area contributed by atoms with Crippen molar-refractivity contribution in [3.8, 4) is 5.75 Å². The van der Waals surface area contributed by atoms with E-state index in [4.69, 9.17) is 4.74 Å². The fraction of sp³-hybridized carbons (Fsp3) is 0.273. The van der Waals surface area contributed by atoms with Crippen molar-refractivity contribution >= 4 is 6.08 Å². The van der Waals surface area contributed by atoms with Crippen molar-refractivity contribution in [2.75, 3.05) is 7.11 Å². The second-order valence-electron chi connectivity index (χ2n) is 6.28. The van der Waals surface area contributed by atoms with Crippen LogP contribution in [-0.4, -0.2) is 7.11 Å². The predicted octanol–water partition coefficient (Wildman–Crippen LogP) is 5.77. The Morgan fingerprint density at radius 3 is 2.26 bits per heavy atom. The number of aryl methyl sites for hydroxylation is 1. The van der Waals surface area contributed by atoms with Gasteiger partial charge in [-0.3, -0.25) is 0 Å². The second-order valence-corrected chi connectivity index (χ2v) is 6.28. The standard InChI is InChI=1S/C22H24O/c1-17-3-5-18(6-4-17)7-8-19-9-11-20(12-10-19)21-13-15-22(23-2)16-14-21/h3-9,11,13-16,19-20H,10,12H2,1-2H3/b8-7+. The van der Waals surface area contributed by atoms with Crippen molar-refractivity contribution in [2.24, 2.45) is 5.92 Å². The molecule has 0 radical (unpaired) electrons. The smallest absolute Gasteiger partial charge is 0.118 e. The molecule has 0 bridgehead atoms. The van der Waals surface area contributed by atoms with Gasteiger partial charge in [0.2, 0.25) is 0 Å². The lowest BCUT2D eigenvalue weighted by atomic mass is 9.84. The molecule has 0 saturated carbocycles. The summed E-state index contributed by atoms with van der Waals surface area (Å²) in [5.41, 5.74) is 3.96. The van der Waals surface area contributed by atoms with Gasteiger partial charge in [0.1, 0.15) is 5.75 Å². The molecule has 0 heterocycles. The van der Waals surface area contributed by atoms with Crippen LogP contribution >= 0.6 is 0 Å². The topological polar surface area (TPSA) is 9.23 Å². The first kappa shape index (κ1) is 15.6. The molecule has 23 heavy (non-hydrogen) atoms. The molecule has 0 fully saturated rings. The number of hydrogen-bond acceptors (Lipinski definition) is 1. The summed E-state index contributed by atoms with van der Waals surface area (Å²) in [4.78, 5) is 0. The highest BCUT2D eigenvalue weighted by molar-refractivity contribution is 5.50. The van der Waals surface area contributed by atoms with Crippen LogP contribution in [0.1, 0.15) is 35.4 Å². The molecule has 3 rings (SSSR count). The van der Waals surface area contributed by atoms with E-state index in [1.165, 1.54) is 29.5 Å². The molecule has 2 unspecified atom stereocenters. The van der Waals surface area contributed by atoms with Crippen LogP contribution in [0.25, 0.3) is 6.08 Å². The van der Waals surface area contributed by atoms with Crippen molar-refractivity contribution in [2.45, 2.75) is 25.7 Å². The number of benzene rings is 2. The maximum atomic E-state index is 5.23. The Morgan fingerprint density at radius 2 is 1.65 bits per heavy atom. The van der Waals surface area contributed by atoms with Crippen LogP contribution in [0.5, 0.6) is 5.75 Å². The highest BCUT2D eigenvalue weighted by Crippen LogP contribution is 2.32. The zero-order valence-electron chi connectivity index (χ0n) is 13.9. The number of allylic oxidation sites excluding steroid dienone is 3. The van der Waals surface area contributed by atoms with Crippen molar-refractivity contribution in [1.29, 1.82) is 0 Å². The Balaban J connectivity index is 1.62. The summed E-state index contributed by atoms with van der Waals surface area (Å²) >= 11 is 0. The summed E-state index contributed by atoms with van der Waals surface area (Å²) in [7, 11) is 1.71. The normalized spacial score (nSPS) is 20.8. The third-order valence-electron chi connectivity index (χ3n) is 4.56. The van der Waals surface area contributed by atoms with Gasteiger partial charge in [-0.25, -0.2) is 0 Å². The zero-order valence-corrected chi connectivity index (χ0v) is 13.9. The van der Waals surface area contributed by atoms with E-state index in [-0.39, 0.29) is 0 Å². The molecule has 2 aromatic carbocycles. The Bertz CT molecular complexity index is 677. The van der Waals surface area contributed by atoms with Crippen molar-refractivity contribution in [3.63, 3.8) is 0 Å². The van der Waals surface area contributed by atoms with Crippen LogP contribution in [0.2, 0.25) is 0 Å². The van der Waals surface area contributed by atoms with E-state index in [0.29, 0.717) is 11.8 Å². The van der Waals surface area contributed by atoms with E-state index in [2.05, 4.69) is 67.6 Å². The third-order valence-corrected chi connectivity index (χ3v) is 4.56. The van der Waals surface area contributed by atoms with Gasteiger partial charge in [0.25, 0.3) is 0 Å². The minimum absolute atomic E-state index is 0.532. The van der Waals surface area contributed by atoms with Gasteiger partial charge < -0.3 is 4.74 Å². The summed E-state index contributed by atoms with van der Waals surface area (Å²) in [5, 5.41) is 0. The molecule has 0 spiro atoms. The Labute approximate surface area is 139 Å². The Morgan fingerprint density at radius 1 is 0.913 bits per heavy atom. The second kappa shape index (κ2) is 7.32. The molecule has 2 atom stereocenters. The van der Waals surface area contributed by atoms with Crippen LogP contribution in [0.3, 0.4) is 0 Å². The summed E-state index contributed by atoms with van der Waals surface area (Å²) < 4.78 is 5.23. The van der Waals surface area contributed by atoms with Crippen LogP contribution in [-0.2, 0) is 0 Å². The average Bonchev–Trinajstić information content (AvgIpc) is 2.62. The van der Waals surface area contributed by atoms with Crippen LogP contribution in [0.4, 0.5) is 0 Å². The number of methoxy groups -OCH3 is 1. The maximum absolute atomic E-state index is 5.23. The summed E-state index contributed by atoms with van der Waals surface area (Å²) in [5.74, 6) is 2.00. The van der Waals surface area contributed by atoms with Gasteiger partial charge in [-0.2, -0.15) is 0 Å². The quantitative estimate of drug-likeness (QED) is 0.652. The molecule has 118 valence electrons. The summed E-state index contributed by atoms with van der Waals surface area (Å²) in [6, 6.07) is 17.1. The highest BCUT2D eigenvalue weighted by Gasteiger charge is 2.15. The Hall–Kier alpha value is -2.28. The van der Waals surface area contributed by atoms with E-state index in [1.807, 2.05) is 12.1 Å². The maximum Gasteiger partial charge on any atom is 0.118 e. The van der Waals surface area contributed by atoms with Gasteiger partial charge in [-0.05, 0) is 48.9 Å². The van der Waals surface area contributed by atoms with Crippen LogP contribution < -0.4 is 4.74 Å². The van der Waals surface area contributed by atoms with Gasteiger partial charge >= 0.3 is 0 Å². The highest BCUT2D eigenvalue weighted by atomic mass is 16.5. The summed E-state index contributed by atoms with van der Waals surface area (Å²) in [6.07, 6.45) is 11.7. The van der Waals surface area contributed by atoms with Gasteiger partial charge in [-0.15, -0.1) is 0 Å². The molecule has 0 saturated heterocycles. The minimum Gasteiger partial charge on any atom is -0.497 e. The van der Waals surface area contributed by atoms with Crippen molar-refractivity contribution in [1.82, 2.24) is 0 Å². The van der Waals surface area contributed by atoms with Gasteiger partial charge in [0.15, 0.2) is 0 Å². The minimum atomic E-state index is 0.532. The summed E-state index contributed by atoms with van der Waals surface area (Å²) in [6.45, 7) is 2.12. The lowest BCUT2D eigenvalue weighted by Crippen LogP contribution is -2.05. The van der Waals surface area contributed by atoms with E-state index in [0.717, 1.165) is 5.75 Å². The molecule has 0 aromatic heterocycles. The van der Waals surface area contributed by atoms with E-state index in [1.54, 1.807) is 7.11 Å². The van der Waals surface area contributed by atoms with Crippen molar-refractivity contribution in [3.05, 3.63) is 83.4 Å². The van der Waals surface area contributed by atoms with Gasteiger partial charge in [0.05, 0.1) is 7.11 Å². The van der Waals surface area contributed by atoms with E-state index >= 15 is 0 Å². The zero-order chi connectivity index (χ0) is 16.1. The van der Waals surface area contributed by atoms with Crippen molar-refractivity contribution < 1.29 is 4.74 Å². The first-order valence-corrected chi connectivity index (χ1v) is 8.32. The molecule has 0 aliphatic heterocycles. The Kier molecular flexibility index (Phi) is 4.97. The lowest BCUT2D eigenvalue weighted by Gasteiger charge is -2.21. The number of ether oxygens (including phenoxy) is 1. The monoisotopic (exact) mass is 304 g/mol. The molecular weight excluding hydrogens is 280 g/mol. The first-order chi connectivity index (χ1) is 11.2. The lowest BCUT2D eigenvalue weighted by molar-refractivity contribution is 0.414. The molecule has 2 aromatic rings. The molecule has 1 aliphatic carbocycles. The molecule has 1 aliphatic rings. The molecule has 0 N–H and O–H groups in total. The third kappa shape index (κ3) is 4.13. The van der Waals surface area contributed by atoms with Gasteiger partial charge in [-0.1, -0.05) is 66.3 Å². The fourth-order valence-corrected chi connectivity index (χ4v) is 3.04. The predicted molar refractivity (Wildman–Crippen MR) is 97.8 cm³/mol. The molecular formula is C22H24O. The van der Waals surface area contributed by atoms with Crippen LogP contribution in [0.15, 0.2) is 66.8 Å². The first-order valence-electron chi connectivity index (χ1n) is 8.32. The van der Waals surface area contributed by atoms with Crippen LogP contribution in [0, 0.1) is 12.8 Å². The molecule has 1 nitrogen and oxygen atoms in total. The SMILES string of the molecule is COc1ccc(C2C=CC(/C=C/c3ccc(C)cc3)CC2)cc1. The average molecular weight is 304 g/mol. The number of hydrogen-bond donors (Lipinski definition) is 0. The van der Waals surface area contributed by atoms with Gasteiger partial charge in [0, 0.05) is 5.92 Å².